The predicted octanol–water partition coefficient (Wildman–Crippen LogP) is 11.7. The van der Waals surface area contributed by atoms with Crippen molar-refractivity contribution in [3.63, 3.8) is 0 Å². The number of carbonyl (C=O) groups excluding carboxylic acids is 1. The minimum Gasteiger partial charge on any atom is -0.423 e. The number of benzene rings is 3. The van der Waals surface area contributed by atoms with Crippen LogP contribution in [0.2, 0.25) is 0 Å². The fraction of sp³-hybridized carbons (Fsp3) is 0.513. The van der Waals surface area contributed by atoms with E-state index in [1.807, 2.05) is 48.5 Å². The quantitative estimate of drug-likeness (QED) is 0.0726. The molecule has 3 aromatic carbocycles. The average Bonchev–Trinajstić information content (AvgIpc) is 3.03. The van der Waals surface area contributed by atoms with E-state index in [0.29, 0.717) is 11.3 Å². The number of esters is 1. The van der Waals surface area contributed by atoms with Crippen molar-refractivity contribution in [2.24, 2.45) is 0 Å². The molecule has 0 aliphatic carbocycles. The van der Waals surface area contributed by atoms with Crippen LogP contribution >= 0.6 is 0 Å². The Morgan fingerprint density at radius 1 is 0.619 bits per heavy atom. The summed E-state index contributed by atoms with van der Waals surface area (Å²) >= 11 is 0. The summed E-state index contributed by atoms with van der Waals surface area (Å²) in [6.45, 7) is 7.40. The van der Waals surface area contributed by atoms with E-state index in [2.05, 4.69) is 45.0 Å². The van der Waals surface area contributed by atoms with Crippen LogP contribution in [0.3, 0.4) is 0 Å². The molecule has 0 radical (unpaired) electrons. The molecule has 1 atom stereocenters. The molecule has 0 aromatic heterocycles. The van der Waals surface area contributed by atoms with Crippen LogP contribution in [-0.4, -0.2) is 12.6 Å². The summed E-state index contributed by atoms with van der Waals surface area (Å²) < 4.78 is 11.9. The molecule has 0 N–H and O–H groups in total. The maximum Gasteiger partial charge on any atom is 0.343 e. The van der Waals surface area contributed by atoms with Gasteiger partial charge in [0, 0.05) is 6.61 Å². The summed E-state index contributed by atoms with van der Waals surface area (Å²) in [5.41, 5.74) is 5.03. The highest BCUT2D eigenvalue weighted by atomic mass is 16.5. The van der Waals surface area contributed by atoms with E-state index in [1.54, 1.807) is 0 Å². The van der Waals surface area contributed by atoms with Gasteiger partial charge in [-0.1, -0.05) is 145 Å². The van der Waals surface area contributed by atoms with Gasteiger partial charge in [0.25, 0.3) is 0 Å². The van der Waals surface area contributed by atoms with E-state index >= 15 is 0 Å². The summed E-state index contributed by atoms with van der Waals surface area (Å²) in [5, 5.41) is 0. The fourth-order valence-corrected chi connectivity index (χ4v) is 5.38. The van der Waals surface area contributed by atoms with Gasteiger partial charge in [-0.3, -0.25) is 0 Å². The molecule has 0 bridgehead atoms. The van der Waals surface area contributed by atoms with E-state index in [9.17, 15) is 4.79 Å². The molecule has 0 heterocycles. The molecule has 0 saturated carbocycles. The lowest BCUT2D eigenvalue weighted by molar-refractivity contribution is 0.0627. The number of carbonyl (C=O) groups is 1. The van der Waals surface area contributed by atoms with Crippen molar-refractivity contribution in [2.45, 2.75) is 123 Å². The normalized spacial score (nSPS) is 11.9. The van der Waals surface area contributed by atoms with E-state index in [-0.39, 0.29) is 12.1 Å². The molecule has 0 aliphatic heterocycles. The maximum atomic E-state index is 12.8. The summed E-state index contributed by atoms with van der Waals surface area (Å²) in [4.78, 5) is 12.8. The lowest BCUT2D eigenvalue weighted by Gasteiger charge is -2.14. The Morgan fingerprint density at radius 3 is 1.74 bits per heavy atom. The van der Waals surface area contributed by atoms with Crippen molar-refractivity contribution < 1.29 is 14.3 Å². The number of aryl methyl sites for hydroxylation is 1. The smallest absolute Gasteiger partial charge is 0.343 e. The van der Waals surface area contributed by atoms with Gasteiger partial charge in [-0.05, 0) is 66.6 Å². The molecular formula is C39H54O3. The molecule has 42 heavy (non-hydrogen) atoms. The van der Waals surface area contributed by atoms with Gasteiger partial charge in [-0.15, -0.1) is 0 Å². The van der Waals surface area contributed by atoms with Crippen LogP contribution in [0.15, 0.2) is 72.8 Å². The van der Waals surface area contributed by atoms with Crippen LogP contribution in [0.5, 0.6) is 5.75 Å². The van der Waals surface area contributed by atoms with Crippen LogP contribution in [-0.2, 0) is 11.2 Å². The highest BCUT2D eigenvalue weighted by Gasteiger charge is 2.12. The van der Waals surface area contributed by atoms with Crippen molar-refractivity contribution in [3.8, 4) is 16.9 Å². The number of hydrogen-bond donors (Lipinski definition) is 0. The van der Waals surface area contributed by atoms with Crippen LogP contribution in [0.4, 0.5) is 0 Å². The highest BCUT2D eigenvalue weighted by molar-refractivity contribution is 5.91. The molecule has 3 rings (SSSR count). The Bertz CT molecular complexity index is 1130. The zero-order chi connectivity index (χ0) is 29.8. The molecule has 1 unspecified atom stereocenters. The first-order valence-corrected chi connectivity index (χ1v) is 16.7. The third-order valence-electron chi connectivity index (χ3n) is 8.17. The lowest BCUT2D eigenvalue weighted by atomic mass is 10.0. The zero-order valence-corrected chi connectivity index (χ0v) is 26.5. The van der Waals surface area contributed by atoms with E-state index in [1.165, 1.54) is 76.2 Å². The zero-order valence-electron chi connectivity index (χ0n) is 26.5. The average molecular weight is 571 g/mol. The molecule has 0 spiro atoms. The number of hydrogen-bond acceptors (Lipinski definition) is 3. The maximum absolute atomic E-state index is 12.8. The number of unbranched alkanes of at least 4 members (excludes halogenated alkanes) is 12. The third kappa shape index (κ3) is 12.1. The Morgan fingerprint density at radius 2 is 1.14 bits per heavy atom. The lowest BCUT2D eigenvalue weighted by Crippen LogP contribution is -2.09. The number of ether oxygens (including phenoxy) is 2. The standard InChI is InChI=1S/C39H54O3/c1-4-6-8-9-10-11-12-13-14-15-16-19-31-41-32(3)33-23-25-34(26-24-33)35-27-29-37(30-28-35)39(40)42-38-22-18-17-21-36(38)20-7-5-2/h17-18,21-30,32H,4-16,19-20,31H2,1-3H3. The van der Waals surface area contributed by atoms with Crippen molar-refractivity contribution in [1.29, 1.82) is 0 Å². The molecule has 0 aliphatic rings. The Kier molecular flexibility index (Phi) is 16.1. The molecule has 3 heteroatoms. The van der Waals surface area contributed by atoms with Crippen molar-refractivity contribution in [3.05, 3.63) is 89.5 Å². The van der Waals surface area contributed by atoms with Gasteiger partial charge in [0.05, 0.1) is 11.7 Å². The summed E-state index contributed by atoms with van der Waals surface area (Å²) in [5.74, 6) is 0.339. The second-order valence-corrected chi connectivity index (χ2v) is 11.7. The van der Waals surface area contributed by atoms with E-state index in [4.69, 9.17) is 9.47 Å². The van der Waals surface area contributed by atoms with Gasteiger partial charge < -0.3 is 9.47 Å². The summed E-state index contributed by atoms with van der Waals surface area (Å²) in [7, 11) is 0. The van der Waals surface area contributed by atoms with Crippen molar-refractivity contribution in [2.75, 3.05) is 6.61 Å². The Labute approximate surface area is 256 Å². The van der Waals surface area contributed by atoms with Gasteiger partial charge in [0.1, 0.15) is 5.75 Å². The second kappa shape index (κ2) is 20.1. The van der Waals surface area contributed by atoms with Crippen LogP contribution < -0.4 is 4.74 Å². The molecular weight excluding hydrogens is 516 g/mol. The third-order valence-corrected chi connectivity index (χ3v) is 8.17. The van der Waals surface area contributed by atoms with Crippen LogP contribution in [0.25, 0.3) is 11.1 Å². The van der Waals surface area contributed by atoms with Crippen LogP contribution in [0, 0.1) is 0 Å². The van der Waals surface area contributed by atoms with Gasteiger partial charge in [0.15, 0.2) is 0 Å². The van der Waals surface area contributed by atoms with Crippen LogP contribution in [0.1, 0.15) is 138 Å². The van der Waals surface area contributed by atoms with Gasteiger partial charge in [-0.25, -0.2) is 4.79 Å². The topological polar surface area (TPSA) is 35.5 Å². The monoisotopic (exact) mass is 570 g/mol. The first kappa shape index (κ1) is 33.6. The first-order chi connectivity index (χ1) is 20.6. The van der Waals surface area contributed by atoms with Gasteiger partial charge in [-0.2, -0.15) is 0 Å². The molecule has 0 fully saturated rings. The molecule has 228 valence electrons. The van der Waals surface area contributed by atoms with Crippen molar-refractivity contribution >= 4 is 5.97 Å². The minimum absolute atomic E-state index is 0.0871. The molecule has 0 saturated heterocycles. The van der Waals surface area contributed by atoms with E-state index in [0.717, 1.165) is 49.0 Å². The predicted molar refractivity (Wildman–Crippen MR) is 177 cm³/mol. The molecule has 3 nitrogen and oxygen atoms in total. The minimum atomic E-state index is -0.319. The molecule has 3 aromatic rings. The molecule has 0 amide bonds. The number of rotatable bonds is 21. The highest BCUT2D eigenvalue weighted by Crippen LogP contribution is 2.26. The van der Waals surface area contributed by atoms with Gasteiger partial charge in [0.2, 0.25) is 0 Å². The Hall–Kier alpha value is -2.91. The number of para-hydroxylation sites is 1. The Balaban J connectivity index is 1.35. The SMILES string of the molecule is CCCCCCCCCCCCCCOC(C)c1ccc(-c2ccc(C(=O)Oc3ccccc3CCCC)cc2)cc1. The van der Waals surface area contributed by atoms with E-state index < -0.39 is 0 Å². The van der Waals surface area contributed by atoms with Gasteiger partial charge >= 0.3 is 5.97 Å². The largest absolute Gasteiger partial charge is 0.423 e. The van der Waals surface area contributed by atoms with Crippen molar-refractivity contribution in [1.82, 2.24) is 0 Å². The second-order valence-electron chi connectivity index (χ2n) is 11.7. The summed E-state index contributed by atoms with van der Waals surface area (Å²) in [6.07, 6.45) is 19.5. The summed E-state index contributed by atoms with van der Waals surface area (Å²) in [6, 6.07) is 24.1. The first-order valence-electron chi connectivity index (χ1n) is 16.7. The fourth-order valence-electron chi connectivity index (χ4n) is 5.38.